The lowest BCUT2D eigenvalue weighted by Gasteiger charge is -2.17. The first kappa shape index (κ1) is 10.2. The van der Waals surface area contributed by atoms with E-state index in [-0.39, 0.29) is 0 Å². The van der Waals surface area contributed by atoms with Gasteiger partial charge in [-0.05, 0) is 25.7 Å². The van der Waals surface area contributed by atoms with Crippen LogP contribution in [0, 0.1) is 5.92 Å². The van der Waals surface area contributed by atoms with E-state index in [1.54, 1.807) is 0 Å². The van der Waals surface area contributed by atoms with E-state index in [1.165, 1.54) is 12.8 Å². The van der Waals surface area contributed by atoms with Gasteiger partial charge in [-0.1, -0.05) is 13.3 Å². The Morgan fingerprint density at radius 2 is 2.10 bits per heavy atom. The lowest BCUT2D eigenvalue weighted by Crippen LogP contribution is -2.25. The van der Waals surface area contributed by atoms with Crippen LogP contribution in [0.3, 0.4) is 0 Å². The minimum absolute atomic E-state index is 0.327. The van der Waals surface area contributed by atoms with Gasteiger partial charge in [-0.15, -0.1) is 11.6 Å². The smallest absolute Gasteiger partial charge is 0.0223 e. The predicted octanol–water partition coefficient (Wildman–Crippen LogP) is 2.38. The second-order valence-electron chi connectivity index (χ2n) is 2.86. The second-order valence-corrected chi connectivity index (χ2v) is 3.24. The van der Waals surface area contributed by atoms with Gasteiger partial charge in [0.1, 0.15) is 0 Å². The molecule has 2 heteroatoms. The Morgan fingerprint density at radius 3 is 2.40 bits per heavy atom. The Morgan fingerprint density at radius 1 is 1.50 bits per heavy atom. The third kappa shape index (κ3) is 4.13. The lowest BCUT2D eigenvalue weighted by molar-refractivity contribution is 0.398. The average Bonchev–Trinajstić information content (AvgIpc) is 1.89. The molecule has 0 aromatic rings. The quantitative estimate of drug-likeness (QED) is 0.619. The summed E-state index contributed by atoms with van der Waals surface area (Å²) in [6.45, 7) is 4.25. The third-order valence-electron chi connectivity index (χ3n) is 1.98. The van der Waals surface area contributed by atoms with Crippen LogP contribution in [0.2, 0.25) is 0 Å². The first-order valence-corrected chi connectivity index (χ1v) is 4.57. The zero-order valence-electron chi connectivity index (χ0n) is 6.94. The van der Waals surface area contributed by atoms with E-state index in [0.29, 0.717) is 12.0 Å². The van der Waals surface area contributed by atoms with Crippen LogP contribution < -0.4 is 5.73 Å². The summed E-state index contributed by atoms with van der Waals surface area (Å²) in [5.74, 6) is 1.43. The number of halogens is 1. The maximum atomic E-state index is 5.74. The Bertz CT molecular complexity index is 73.7. The summed E-state index contributed by atoms with van der Waals surface area (Å²) in [7, 11) is 0. The molecule has 0 aromatic carbocycles. The Balaban J connectivity index is 3.40. The van der Waals surface area contributed by atoms with Crippen molar-refractivity contribution in [3.05, 3.63) is 0 Å². The number of hydrogen-bond donors (Lipinski definition) is 1. The first-order valence-electron chi connectivity index (χ1n) is 4.03. The predicted molar refractivity (Wildman–Crippen MR) is 47.4 cm³/mol. The molecule has 10 heavy (non-hydrogen) atoms. The van der Waals surface area contributed by atoms with Gasteiger partial charge in [-0.2, -0.15) is 0 Å². The molecule has 0 fully saturated rings. The number of alkyl halides is 1. The van der Waals surface area contributed by atoms with Crippen molar-refractivity contribution in [2.75, 3.05) is 5.88 Å². The fourth-order valence-electron chi connectivity index (χ4n) is 1.18. The maximum Gasteiger partial charge on any atom is 0.0223 e. The fourth-order valence-corrected chi connectivity index (χ4v) is 1.33. The Kier molecular flexibility index (Phi) is 6.14. The third-order valence-corrected chi connectivity index (χ3v) is 2.24. The minimum atomic E-state index is 0.327. The lowest BCUT2D eigenvalue weighted by atomic mass is 9.94. The minimum Gasteiger partial charge on any atom is -0.328 e. The molecule has 0 bridgehead atoms. The molecule has 0 heterocycles. The largest absolute Gasteiger partial charge is 0.328 e. The zero-order valence-corrected chi connectivity index (χ0v) is 7.69. The molecule has 1 nitrogen and oxygen atoms in total. The zero-order chi connectivity index (χ0) is 7.98. The summed E-state index contributed by atoms with van der Waals surface area (Å²) in [5.41, 5.74) is 5.74. The standard InChI is InChI=1S/C8H18ClN/c1-3-8(7(2)10)5-4-6-9/h7-8H,3-6,10H2,1-2H3. The second kappa shape index (κ2) is 5.99. The van der Waals surface area contributed by atoms with E-state index < -0.39 is 0 Å². The molecule has 62 valence electrons. The van der Waals surface area contributed by atoms with Crippen molar-refractivity contribution in [1.29, 1.82) is 0 Å². The van der Waals surface area contributed by atoms with Crippen molar-refractivity contribution >= 4 is 11.6 Å². The molecule has 0 aliphatic carbocycles. The topological polar surface area (TPSA) is 26.0 Å². The normalized spacial score (nSPS) is 16.8. The van der Waals surface area contributed by atoms with Gasteiger partial charge in [0.05, 0.1) is 0 Å². The number of nitrogens with two attached hydrogens (primary N) is 1. The average molecular weight is 164 g/mol. The van der Waals surface area contributed by atoms with Gasteiger partial charge >= 0.3 is 0 Å². The summed E-state index contributed by atoms with van der Waals surface area (Å²) in [6.07, 6.45) is 3.45. The molecule has 0 rings (SSSR count). The van der Waals surface area contributed by atoms with Crippen LogP contribution in [0.15, 0.2) is 0 Å². The van der Waals surface area contributed by atoms with Gasteiger partial charge in [-0.25, -0.2) is 0 Å². The highest BCUT2D eigenvalue weighted by atomic mass is 35.5. The van der Waals surface area contributed by atoms with Crippen LogP contribution in [0.25, 0.3) is 0 Å². The first-order chi connectivity index (χ1) is 4.72. The van der Waals surface area contributed by atoms with Crippen LogP contribution in [0.5, 0.6) is 0 Å². The molecular weight excluding hydrogens is 146 g/mol. The van der Waals surface area contributed by atoms with Gasteiger partial charge in [0, 0.05) is 11.9 Å². The van der Waals surface area contributed by atoms with Crippen molar-refractivity contribution in [1.82, 2.24) is 0 Å². The Hall–Kier alpha value is 0.250. The van der Waals surface area contributed by atoms with E-state index in [4.69, 9.17) is 17.3 Å². The van der Waals surface area contributed by atoms with Crippen LogP contribution >= 0.6 is 11.6 Å². The highest BCUT2D eigenvalue weighted by molar-refractivity contribution is 6.17. The van der Waals surface area contributed by atoms with Crippen molar-refractivity contribution in [2.45, 2.75) is 39.2 Å². The van der Waals surface area contributed by atoms with Crippen LogP contribution in [-0.4, -0.2) is 11.9 Å². The fraction of sp³-hybridized carbons (Fsp3) is 1.00. The van der Waals surface area contributed by atoms with Crippen LogP contribution in [-0.2, 0) is 0 Å². The van der Waals surface area contributed by atoms with Gasteiger partial charge < -0.3 is 5.73 Å². The summed E-state index contributed by atoms with van der Waals surface area (Å²) >= 11 is 5.57. The van der Waals surface area contributed by atoms with Crippen LogP contribution in [0.1, 0.15) is 33.1 Å². The van der Waals surface area contributed by atoms with E-state index in [0.717, 1.165) is 12.3 Å². The van der Waals surface area contributed by atoms with Crippen molar-refractivity contribution < 1.29 is 0 Å². The molecule has 0 spiro atoms. The van der Waals surface area contributed by atoms with Gasteiger partial charge in [0.2, 0.25) is 0 Å². The van der Waals surface area contributed by atoms with Crippen molar-refractivity contribution in [3.8, 4) is 0 Å². The molecule has 0 aliphatic rings. The highest BCUT2D eigenvalue weighted by Crippen LogP contribution is 2.13. The van der Waals surface area contributed by atoms with Crippen LogP contribution in [0.4, 0.5) is 0 Å². The summed E-state index contributed by atoms with van der Waals surface area (Å²) in [6, 6.07) is 0.327. The van der Waals surface area contributed by atoms with Crippen molar-refractivity contribution in [3.63, 3.8) is 0 Å². The molecule has 2 unspecified atom stereocenters. The molecule has 2 N–H and O–H groups in total. The molecule has 0 saturated carbocycles. The summed E-state index contributed by atoms with van der Waals surface area (Å²) in [5, 5.41) is 0. The molecule has 0 amide bonds. The van der Waals surface area contributed by atoms with E-state index in [2.05, 4.69) is 13.8 Å². The van der Waals surface area contributed by atoms with E-state index in [1.807, 2.05) is 0 Å². The molecule has 0 aliphatic heterocycles. The molecule has 2 atom stereocenters. The molecule has 0 saturated heterocycles. The van der Waals surface area contributed by atoms with Crippen molar-refractivity contribution in [2.24, 2.45) is 11.7 Å². The maximum absolute atomic E-state index is 5.74. The molecular formula is C8H18ClN. The summed E-state index contributed by atoms with van der Waals surface area (Å²) in [4.78, 5) is 0. The van der Waals surface area contributed by atoms with E-state index in [9.17, 15) is 0 Å². The monoisotopic (exact) mass is 163 g/mol. The number of rotatable bonds is 5. The molecule has 0 radical (unpaired) electrons. The van der Waals surface area contributed by atoms with Gasteiger partial charge in [-0.3, -0.25) is 0 Å². The molecule has 0 aromatic heterocycles. The SMILES string of the molecule is CCC(CCCCl)C(C)N. The van der Waals surface area contributed by atoms with Gasteiger partial charge in [0.25, 0.3) is 0 Å². The summed E-state index contributed by atoms with van der Waals surface area (Å²) < 4.78 is 0. The van der Waals surface area contributed by atoms with Gasteiger partial charge in [0.15, 0.2) is 0 Å². The highest BCUT2D eigenvalue weighted by Gasteiger charge is 2.09. The number of hydrogen-bond acceptors (Lipinski definition) is 1. The van der Waals surface area contributed by atoms with E-state index >= 15 is 0 Å². The Labute approximate surface area is 68.9 Å².